The molecular weight excluding hydrogens is 219 g/mol. The first-order valence-electron chi connectivity index (χ1n) is 5.50. The van der Waals surface area contributed by atoms with Gasteiger partial charge in [0.15, 0.2) is 0 Å². The molecule has 1 atom stereocenters. The Balaban J connectivity index is 1.98. The van der Waals surface area contributed by atoms with E-state index in [-0.39, 0.29) is 11.9 Å². The van der Waals surface area contributed by atoms with Crippen molar-refractivity contribution in [3.63, 3.8) is 0 Å². The summed E-state index contributed by atoms with van der Waals surface area (Å²) in [6.45, 7) is 4.58. The van der Waals surface area contributed by atoms with Gasteiger partial charge in [0, 0.05) is 6.54 Å². The van der Waals surface area contributed by atoms with Gasteiger partial charge in [0.2, 0.25) is 0 Å². The second kappa shape index (κ2) is 5.05. The fraction of sp³-hybridized carbons (Fsp3) is 0.333. The standard InChI is InChI=1S/C12H15FN4/c1-8-5-11(13)4-3-10(8)6-14-9(2)12-15-7-16-17-12/h3-5,7,9,14H,6H2,1-2H3,(H,15,16,17). The minimum absolute atomic E-state index is 0.0851. The summed E-state index contributed by atoms with van der Waals surface area (Å²) in [6.07, 6.45) is 1.48. The highest BCUT2D eigenvalue weighted by atomic mass is 19.1. The van der Waals surface area contributed by atoms with Crippen LogP contribution in [0, 0.1) is 12.7 Å². The molecule has 1 heterocycles. The van der Waals surface area contributed by atoms with Crippen molar-refractivity contribution >= 4 is 0 Å². The molecule has 2 aromatic rings. The summed E-state index contributed by atoms with van der Waals surface area (Å²) in [5.74, 6) is 0.597. The van der Waals surface area contributed by atoms with Crippen LogP contribution in [0.5, 0.6) is 0 Å². The Labute approximate surface area is 99.3 Å². The monoisotopic (exact) mass is 234 g/mol. The molecule has 0 saturated heterocycles. The van der Waals surface area contributed by atoms with Crippen molar-refractivity contribution in [3.8, 4) is 0 Å². The first kappa shape index (κ1) is 11.7. The molecule has 5 heteroatoms. The summed E-state index contributed by atoms with van der Waals surface area (Å²) in [5, 5.41) is 9.92. The molecule has 0 fully saturated rings. The molecule has 0 bridgehead atoms. The van der Waals surface area contributed by atoms with Gasteiger partial charge in [0.1, 0.15) is 18.0 Å². The summed E-state index contributed by atoms with van der Waals surface area (Å²) in [5.41, 5.74) is 2.03. The van der Waals surface area contributed by atoms with Gasteiger partial charge in [-0.15, -0.1) is 0 Å². The van der Waals surface area contributed by atoms with Crippen molar-refractivity contribution in [2.75, 3.05) is 0 Å². The Hall–Kier alpha value is -1.75. The normalized spacial score (nSPS) is 12.6. The lowest BCUT2D eigenvalue weighted by Crippen LogP contribution is -2.19. The average molecular weight is 234 g/mol. The van der Waals surface area contributed by atoms with Crippen LogP contribution in [0.4, 0.5) is 4.39 Å². The van der Waals surface area contributed by atoms with Gasteiger partial charge >= 0.3 is 0 Å². The number of halogens is 1. The molecule has 2 rings (SSSR count). The highest BCUT2D eigenvalue weighted by Crippen LogP contribution is 2.12. The molecule has 0 aliphatic rings. The van der Waals surface area contributed by atoms with Crippen molar-refractivity contribution in [3.05, 3.63) is 47.3 Å². The lowest BCUT2D eigenvalue weighted by molar-refractivity contribution is 0.545. The zero-order chi connectivity index (χ0) is 12.3. The predicted molar refractivity (Wildman–Crippen MR) is 62.8 cm³/mol. The molecular formula is C12H15FN4. The smallest absolute Gasteiger partial charge is 0.141 e. The Morgan fingerprint density at radius 2 is 2.29 bits per heavy atom. The van der Waals surface area contributed by atoms with E-state index in [9.17, 15) is 4.39 Å². The Morgan fingerprint density at radius 3 is 2.94 bits per heavy atom. The zero-order valence-corrected chi connectivity index (χ0v) is 9.87. The summed E-state index contributed by atoms with van der Waals surface area (Å²) in [7, 11) is 0. The molecule has 1 aromatic carbocycles. The topological polar surface area (TPSA) is 53.6 Å². The minimum atomic E-state index is -0.200. The second-order valence-electron chi connectivity index (χ2n) is 4.04. The number of hydrogen-bond donors (Lipinski definition) is 2. The van der Waals surface area contributed by atoms with Gasteiger partial charge < -0.3 is 5.32 Å². The summed E-state index contributed by atoms with van der Waals surface area (Å²) >= 11 is 0. The van der Waals surface area contributed by atoms with Gasteiger partial charge in [0.25, 0.3) is 0 Å². The van der Waals surface area contributed by atoms with E-state index >= 15 is 0 Å². The van der Waals surface area contributed by atoms with E-state index in [1.54, 1.807) is 6.07 Å². The quantitative estimate of drug-likeness (QED) is 0.851. The lowest BCUT2D eigenvalue weighted by Gasteiger charge is -2.12. The van der Waals surface area contributed by atoms with Gasteiger partial charge in [-0.3, -0.25) is 5.10 Å². The Morgan fingerprint density at radius 1 is 1.47 bits per heavy atom. The third-order valence-corrected chi connectivity index (χ3v) is 2.75. The molecule has 90 valence electrons. The molecule has 1 unspecified atom stereocenters. The third-order valence-electron chi connectivity index (χ3n) is 2.75. The van der Waals surface area contributed by atoms with Crippen LogP contribution in [-0.4, -0.2) is 15.2 Å². The maximum Gasteiger partial charge on any atom is 0.141 e. The molecule has 4 nitrogen and oxygen atoms in total. The van der Waals surface area contributed by atoms with Gasteiger partial charge in [0.05, 0.1) is 6.04 Å². The van der Waals surface area contributed by atoms with Gasteiger partial charge in [-0.25, -0.2) is 9.37 Å². The number of aromatic amines is 1. The molecule has 0 aliphatic heterocycles. The number of aromatic nitrogens is 3. The van der Waals surface area contributed by atoms with E-state index < -0.39 is 0 Å². The summed E-state index contributed by atoms with van der Waals surface area (Å²) in [6, 6.07) is 4.89. The molecule has 1 aromatic heterocycles. The van der Waals surface area contributed by atoms with Crippen LogP contribution in [0.15, 0.2) is 24.5 Å². The highest BCUT2D eigenvalue weighted by molar-refractivity contribution is 5.26. The van der Waals surface area contributed by atoms with Crippen LogP contribution >= 0.6 is 0 Å². The van der Waals surface area contributed by atoms with Crippen LogP contribution in [0.25, 0.3) is 0 Å². The Kier molecular flexibility index (Phi) is 3.49. The average Bonchev–Trinajstić information content (AvgIpc) is 2.81. The van der Waals surface area contributed by atoms with E-state index in [1.165, 1.54) is 18.5 Å². The molecule has 0 amide bonds. The fourth-order valence-electron chi connectivity index (χ4n) is 1.64. The number of rotatable bonds is 4. The summed E-state index contributed by atoms with van der Waals surface area (Å²) in [4.78, 5) is 4.08. The van der Waals surface area contributed by atoms with Crippen molar-refractivity contribution in [2.24, 2.45) is 0 Å². The molecule has 0 spiro atoms. The number of benzene rings is 1. The largest absolute Gasteiger partial charge is 0.303 e. The van der Waals surface area contributed by atoms with E-state index in [2.05, 4.69) is 20.5 Å². The second-order valence-corrected chi connectivity index (χ2v) is 4.04. The number of H-pyrrole nitrogens is 1. The first-order chi connectivity index (χ1) is 8.16. The molecule has 17 heavy (non-hydrogen) atoms. The number of nitrogens with zero attached hydrogens (tertiary/aromatic N) is 2. The molecule has 2 N–H and O–H groups in total. The van der Waals surface area contributed by atoms with Crippen LogP contribution < -0.4 is 5.32 Å². The van der Waals surface area contributed by atoms with Crippen molar-refractivity contribution < 1.29 is 4.39 Å². The van der Waals surface area contributed by atoms with Gasteiger partial charge in [-0.2, -0.15) is 5.10 Å². The number of nitrogens with one attached hydrogen (secondary N) is 2. The van der Waals surface area contributed by atoms with Crippen molar-refractivity contribution in [1.29, 1.82) is 0 Å². The van der Waals surface area contributed by atoms with Crippen molar-refractivity contribution in [1.82, 2.24) is 20.5 Å². The van der Waals surface area contributed by atoms with Crippen LogP contribution in [0.2, 0.25) is 0 Å². The highest BCUT2D eigenvalue weighted by Gasteiger charge is 2.08. The lowest BCUT2D eigenvalue weighted by atomic mass is 10.1. The van der Waals surface area contributed by atoms with Gasteiger partial charge in [-0.05, 0) is 37.1 Å². The van der Waals surface area contributed by atoms with Crippen LogP contribution in [-0.2, 0) is 6.54 Å². The third kappa shape index (κ3) is 2.88. The van der Waals surface area contributed by atoms with Crippen LogP contribution in [0.3, 0.4) is 0 Å². The maximum absolute atomic E-state index is 12.9. The number of aryl methyl sites for hydroxylation is 1. The summed E-state index contributed by atoms with van der Waals surface area (Å²) < 4.78 is 12.9. The Bertz CT molecular complexity index is 481. The zero-order valence-electron chi connectivity index (χ0n) is 9.87. The van der Waals surface area contributed by atoms with E-state index in [1.807, 2.05) is 13.8 Å². The predicted octanol–water partition coefficient (Wildman–Crippen LogP) is 2.10. The molecule has 0 aliphatic carbocycles. The van der Waals surface area contributed by atoms with Crippen molar-refractivity contribution in [2.45, 2.75) is 26.4 Å². The molecule has 0 saturated carbocycles. The maximum atomic E-state index is 12.9. The number of hydrogen-bond acceptors (Lipinski definition) is 3. The first-order valence-corrected chi connectivity index (χ1v) is 5.50. The van der Waals surface area contributed by atoms with E-state index in [0.717, 1.165) is 17.0 Å². The molecule has 0 radical (unpaired) electrons. The van der Waals surface area contributed by atoms with E-state index in [4.69, 9.17) is 0 Å². The minimum Gasteiger partial charge on any atom is -0.303 e. The van der Waals surface area contributed by atoms with Crippen LogP contribution in [0.1, 0.15) is 29.9 Å². The SMILES string of the molecule is Cc1cc(F)ccc1CNC(C)c1ncn[nH]1. The fourth-order valence-corrected chi connectivity index (χ4v) is 1.64. The van der Waals surface area contributed by atoms with E-state index in [0.29, 0.717) is 6.54 Å². The van der Waals surface area contributed by atoms with Gasteiger partial charge in [-0.1, -0.05) is 6.07 Å².